The lowest BCUT2D eigenvalue weighted by molar-refractivity contribution is -0.118. The lowest BCUT2D eigenvalue weighted by Gasteiger charge is -2.12. The number of hydrogen-bond acceptors (Lipinski definition) is 5. The molecule has 6 nitrogen and oxygen atoms in total. The van der Waals surface area contributed by atoms with E-state index in [1.807, 2.05) is 38.1 Å². The number of aryl methyl sites for hydroxylation is 2. The van der Waals surface area contributed by atoms with Crippen LogP contribution >= 0.6 is 15.9 Å². The lowest BCUT2D eigenvalue weighted by atomic mass is 10.1. The normalized spacial score (nSPS) is 10.8. The van der Waals surface area contributed by atoms with E-state index in [4.69, 9.17) is 13.9 Å². The Morgan fingerprint density at radius 2 is 1.73 bits per heavy atom. The first-order chi connectivity index (χ1) is 15.9. The number of ketones is 1. The summed E-state index contributed by atoms with van der Waals surface area (Å²) in [7, 11) is 1.55. The van der Waals surface area contributed by atoms with E-state index in [0.29, 0.717) is 38.2 Å². The van der Waals surface area contributed by atoms with Crippen molar-refractivity contribution >= 4 is 44.3 Å². The third-order valence-electron chi connectivity index (χ3n) is 5.24. The van der Waals surface area contributed by atoms with Crippen molar-refractivity contribution in [1.82, 2.24) is 0 Å². The third kappa shape index (κ3) is 4.64. The first-order valence-corrected chi connectivity index (χ1v) is 11.1. The number of para-hydroxylation sites is 2. The lowest BCUT2D eigenvalue weighted by Crippen LogP contribution is -2.21. The number of anilines is 1. The number of nitrogens with one attached hydrogen (secondary N) is 1. The Bertz CT molecular complexity index is 1340. The Balaban J connectivity index is 1.63. The molecule has 0 atom stereocenters. The van der Waals surface area contributed by atoms with Crippen molar-refractivity contribution in [2.75, 3.05) is 19.0 Å². The van der Waals surface area contributed by atoms with Gasteiger partial charge >= 0.3 is 0 Å². The Labute approximate surface area is 199 Å². The highest BCUT2D eigenvalue weighted by molar-refractivity contribution is 9.10. The van der Waals surface area contributed by atoms with Crippen molar-refractivity contribution in [1.29, 1.82) is 0 Å². The maximum Gasteiger partial charge on any atom is 0.262 e. The zero-order chi connectivity index (χ0) is 23.5. The second kappa shape index (κ2) is 9.50. The molecule has 1 N–H and O–H groups in total. The molecular formula is C26H22BrNO5. The van der Waals surface area contributed by atoms with E-state index in [9.17, 15) is 9.59 Å². The minimum atomic E-state index is -0.394. The Morgan fingerprint density at radius 3 is 2.42 bits per heavy atom. The molecule has 0 unspecified atom stereocenters. The van der Waals surface area contributed by atoms with Crippen LogP contribution in [0.4, 0.5) is 5.69 Å². The second-order valence-corrected chi connectivity index (χ2v) is 8.39. The van der Waals surface area contributed by atoms with Crippen LogP contribution in [0.15, 0.2) is 69.6 Å². The number of ether oxygens (including phenoxy) is 2. The fraction of sp³-hybridized carbons (Fsp3) is 0.154. The molecule has 0 bridgehead atoms. The number of carbonyl (C=O) groups excluding carboxylic acids is 2. The standard InChI is InChI=1S/C26H22BrNO5/c1-15-7-6-8-16(2)25(15)32-14-22(29)28-23-18-9-4-5-10-20(18)33-26(23)24(30)17-11-12-21(31-3)19(27)13-17/h4-13H,14H2,1-3H3,(H,28,29). The van der Waals surface area contributed by atoms with Gasteiger partial charge in [-0.15, -0.1) is 0 Å². The second-order valence-electron chi connectivity index (χ2n) is 7.54. The summed E-state index contributed by atoms with van der Waals surface area (Å²) in [5.74, 6) is 0.570. The molecule has 0 aliphatic carbocycles. The molecule has 7 heteroatoms. The van der Waals surface area contributed by atoms with Crippen LogP contribution in [-0.4, -0.2) is 25.4 Å². The SMILES string of the molecule is COc1ccc(C(=O)c2oc3ccccc3c2NC(=O)COc2c(C)cccc2C)cc1Br. The maximum atomic E-state index is 13.3. The summed E-state index contributed by atoms with van der Waals surface area (Å²) in [6, 6.07) is 17.9. The first kappa shape index (κ1) is 22.6. The maximum absolute atomic E-state index is 13.3. The molecule has 1 heterocycles. The van der Waals surface area contributed by atoms with Gasteiger partial charge in [0.05, 0.1) is 17.3 Å². The van der Waals surface area contributed by atoms with Crippen LogP contribution in [0.1, 0.15) is 27.2 Å². The van der Waals surface area contributed by atoms with Gasteiger partial charge in [-0.05, 0) is 71.2 Å². The number of hydrogen-bond donors (Lipinski definition) is 1. The molecule has 0 aliphatic heterocycles. The zero-order valence-electron chi connectivity index (χ0n) is 18.4. The van der Waals surface area contributed by atoms with Gasteiger partial charge in [-0.2, -0.15) is 0 Å². The minimum absolute atomic E-state index is 0.0497. The summed E-state index contributed by atoms with van der Waals surface area (Å²) in [5, 5.41) is 3.45. The van der Waals surface area contributed by atoms with Crippen LogP contribution in [-0.2, 0) is 4.79 Å². The molecule has 0 fully saturated rings. The van der Waals surface area contributed by atoms with Crippen LogP contribution < -0.4 is 14.8 Å². The van der Waals surface area contributed by atoms with Gasteiger partial charge in [-0.3, -0.25) is 9.59 Å². The van der Waals surface area contributed by atoms with Crippen LogP contribution in [0.3, 0.4) is 0 Å². The molecule has 4 aromatic rings. The largest absolute Gasteiger partial charge is 0.496 e. The molecule has 0 radical (unpaired) electrons. The summed E-state index contributed by atoms with van der Waals surface area (Å²) >= 11 is 3.40. The topological polar surface area (TPSA) is 77.8 Å². The Morgan fingerprint density at radius 1 is 1.00 bits per heavy atom. The van der Waals surface area contributed by atoms with E-state index in [1.54, 1.807) is 43.5 Å². The van der Waals surface area contributed by atoms with E-state index in [0.717, 1.165) is 11.1 Å². The van der Waals surface area contributed by atoms with E-state index in [1.165, 1.54) is 0 Å². The van der Waals surface area contributed by atoms with Crippen LogP contribution in [0.25, 0.3) is 11.0 Å². The zero-order valence-corrected chi connectivity index (χ0v) is 20.0. The fourth-order valence-electron chi connectivity index (χ4n) is 3.61. The summed E-state index contributed by atoms with van der Waals surface area (Å²) in [6.45, 7) is 3.65. The Hall–Kier alpha value is -3.58. The van der Waals surface area contributed by atoms with Gasteiger partial charge in [-0.1, -0.05) is 30.3 Å². The molecule has 3 aromatic carbocycles. The molecule has 33 heavy (non-hydrogen) atoms. The monoisotopic (exact) mass is 507 g/mol. The van der Waals surface area contributed by atoms with Gasteiger partial charge in [0.15, 0.2) is 12.4 Å². The molecule has 0 saturated carbocycles. The summed E-state index contributed by atoms with van der Waals surface area (Å²) < 4.78 is 17.5. The predicted molar refractivity (Wildman–Crippen MR) is 130 cm³/mol. The molecule has 1 aromatic heterocycles. The van der Waals surface area contributed by atoms with Crippen molar-refractivity contribution < 1.29 is 23.5 Å². The van der Waals surface area contributed by atoms with Crippen LogP contribution in [0.2, 0.25) is 0 Å². The van der Waals surface area contributed by atoms with Crippen molar-refractivity contribution in [3.63, 3.8) is 0 Å². The average molecular weight is 508 g/mol. The van der Waals surface area contributed by atoms with Gasteiger partial charge < -0.3 is 19.2 Å². The molecule has 4 rings (SSSR count). The predicted octanol–water partition coefficient (Wildman–Crippen LogP) is 6.07. The smallest absolute Gasteiger partial charge is 0.262 e. The number of benzene rings is 3. The number of rotatable bonds is 7. The van der Waals surface area contributed by atoms with Gasteiger partial charge in [0.25, 0.3) is 5.91 Å². The Kier molecular flexibility index (Phi) is 6.51. The van der Waals surface area contributed by atoms with Gasteiger partial charge in [0, 0.05) is 10.9 Å². The summed E-state index contributed by atoms with van der Waals surface area (Å²) in [5.41, 5.74) is 3.09. The van der Waals surface area contributed by atoms with E-state index >= 15 is 0 Å². The molecule has 168 valence electrons. The first-order valence-electron chi connectivity index (χ1n) is 10.3. The molecule has 1 amide bonds. The van der Waals surface area contributed by atoms with Crippen LogP contribution in [0, 0.1) is 13.8 Å². The third-order valence-corrected chi connectivity index (χ3v) is 5.86. The fourth-order valence-corrected chi connectivity index (χ4v) is 4.15. The van der Waals surface area contributed by atoms with E-state index in [-0.39, 0.29) is 18.2 Å². The van der Waals surface area contributed by atoms with E-state index < -0.39 is 5.91 Å². The molecular weight excluding hydrogens is 486 g/mol. The number of halogens is 1. The number of methoxy groups -OCH3 is 1. The summed E-state index contributed by atoms with van der Waals surface area (Å²) in [4.78, 5) is 26.1. The number of furan rings is 1. The van der Waals surface area contributed by atoms with Crippen molar-refractivity contribution in [3.8, 4) is 11.5 Å². The van der Waals surface area contributed by atoms with Crippen molar-refractivity contribution in [2.45, 2.75) is 13.8 Å². The van der Waals surface area contributed by atoms with Gasteiger partial charge in [0.2, 0.25) is 5.78 Å². The molecule has 0 spiro atoms. The van der Waals surface area contributed by atoms with Crippen molar-refractivity contribution in [2.24, 2.45) is 0 Å². The van der Waals surface area contributed by atoms with E-state index in [2.05, 4.69) is 21.2 Å². The molecule has 0 saturated heterocycles. The summed E-state index contributed by atoms with van der Waals surface area (Å²) in [6.07, 6.45) is 0. The highest BCUT2D eigenvalue weighted by Crippen LogP contribution is 2.34. The highest BCUT2D eigenvalue weighted by Gasteiger charge is 2.24. The quantitative estimate of drug-likeness (QED) is 0.307. The molecule has 0 aliphatic rings. The number of amides is 1. The number of fused-ring (bicyclic) bond motifs is 1. The van der Waals surface area contributed by atoms with Crippen molar-refractivity contribution in [3.05, 3.63) is 87.6 Å². The van der Waals surface area contributed by atoms with Gasteiger partial charge in [0.1, 0.15) is 17.1 Å². The number of carbonyl (C=O) groups is 2. The average Bonchev–Trinajstić information content (AvgIpc) is 3.16. The minimum Gasteiger partial charge on any atom is -0.496 e. The highest BCUT2D eigenvalue weighted by atomic mass is 79.9. The van der Waals surface area contributed by atoms with Gasteiger partial charge in [-0.25, -0.2) is 0 Å². The van der Waals surface area contributed by atoms with Crippen LogP contribution in [0.5, 0.6) is 11.5 Å².